The summed E-state index contributed by atoms with van der Waals surface area (Å²) in [4.78, 5) is 0. The van der Waals surface area contributed by atoms with Crippen molar-refractivity contribution in [2.45, 2.75) is 38.8 Å². The van der Waals surface area contributed by atoms with Crippen molar-refractivity contribution in [2.24, 2.45) is 0 Å². The molecule has 2 aliphatic rings. The van der Waals surface area contributed by atoms with Gasteiger partial charge in [-0.1, -0.05) is 18.2 Å². The molecule has 0 N–H and O–H groups in total. The third-order valence-electron chi connectivity index (χ3n) is 3.52. The molecule has 0 spiro atoms. The number of rotatable bonds is 3. The summed E-state index contributed by atoms with van der Waals surface area (Å²) < 4.78 is 11.3. The minimum absolute atomic E-state index is 0.293. The molecule has 2 aliphatic heterocycles. The lowest BCUT2D eigenvalue weighted by atomic mass is 10.2. The molecule has 1 aromatic rings. The fourth-order valence-electron chi connectivity index (χ4n) is 2.75. The van der Waals surface area contributed by atoms with E-state index in [-0.39, 0.29) is 0 Å². The van der Waals surface area contributed by atoms with E-state index < -0.39 is 8.45 Å². The molecule has 1 unspecified atom stereocenters. The fourth-order valence-corrected chi connectivity index (χ4v) is 5.08. The molecule has 0 amide bonds. The summed E-state index contributed by atoms with van der Waals surface area (Å²) >= 11 is 0. The van der Waals surface area contributed by atoms with Crippen LogP contribution in [0.25, 0.3) is 0 Å². The second kappa shape index (κ2) is 5.16. The number of hydrogen-bond donors (Lipinski definition) is 0. The Hall–Kier alpha value is -0.630. The Labute approximate surface area is 111 Å². The van der Waals surface area contributed by atoms with E-state index in [1.54, 1.807) is 0 Å². The van der Waals surface area contributed by atoms with E-state index in [1.165, 1.54) is 25.1 Å². The summed E-state index contributed by atoms with van der Waals surface area (Å²) in [7, 11) is -0.598. The van der Waals surface area contributed by atoms with Gasteiger partial charge in [-0.3, -0.25) is 0 Å². The highest BCUT2D eigenvalue weighted by atomic mass is 31.2. The van der Waals surface area contributed by atoms with Crippen LogP contribution in [-0.4, -0.2) is 29.9 Å². The van der Waals surface area contributed by atoms with E-state index in [0.717, 1.165) is 6.54 Å². The molecule has 0 saturated carbocycles. The van der Waals surface area contributed by atoms with Crippen LogP contribution in [0.4, 0.5) is 5.69 Å². The summed E-state index contributed by atoms with van der Waals surface area (Å²) in [6.45, 7) is 6.60. The third kappa shape index (κ3) is 2.27. The van der Waals surface area contributed by atoms with Gasteiger partial charge in [-0.05, 0) is 38.8 Å². The molecule has 4 heteroatoms. The average molecular weight is 264 g/mol. The normalized spacial score (nSPS) is 28.1. The number of anilines is 1. The van der Waals surface area contributed by atoms with Gasteiger partial charge in [-0.15, -0.1) is 0 Å². The Morgan fingerprint density at radius 2 is 2.06 bits per heavy atom. The maximum atomic E-state index is 6.21. The van der Waals surface area contributed by atoms with Gasteiger partial charge < -0.3 is 9.19 Å². The second-order valence-electron chi connectivity index (χ2n) is 5.28. The van der Waals surface area contributed by atoms with Crippen molar-refractivity contribution in [3.8, 4) is 0 Å². The minimum Gasteiger partial charge on any atom is -0.324 e. The van der Waals surface area contributed by atoms with Crippen LogP contribution in [0.1, 0.15) is 26.7 Å². The Morgan fingerprint density at radius 1 is 1.28 bits per heavy atom. The Bertz CT molecular complexity index is 398. The van der Waals surface area contributed by atoms with E-state index in [2.05, 4.69) is 53.5 Å². The molecule has 1 aromatic carbocycles. The quantitative estimate of drug-likeness (QED) is 0.775. The first-order valence-electron chi connectivity index (χ1n) is 6.81. The van der Waals surface area contributed by atoms with Gasteiger partial charge in [0.25, 0.3) is 0 Å². The summed E-state index contributed by atoms with van der Waals surface area (Å²) in [6, 6.07) is 11.4. The van der Waals surface area contributed by atoms with Crippen molar-refractivity contribution in [1.29, 1.82) is 0 Å². The Kier molecular flexibility index (Phi) is 3.56. The molecule has 18 heavy (non-hydrogen) atoms. The first-order valence-corrected chi connectivity index (χ1v) is 7.98. The van der Waals surface area contributed by atoms with E-state index in [9.17, 15) is 0 Å². The number of fused-ring (bicyclic) bond motifs is 1. The van der Waals surface area contributed by atoms with Crippen molar-refractivity contribution < 1.29 is 4.52 Å². The van der Waals surface area contributed by atoms with Gasteiger partial charge in [-0.2, -0.15) is 0 Å². The van der Waals surface area contributed by atoms with E-state index in [4.69, 9.17) is 4.52 Å². The van der Waals surface area contributed by atoms with E-state index in [0.29, 0.717) is 12.1 Å². The van der Waals surface area contributed by atoms with Gasteiger partial charge in [-0.25, -0.2) is 4.67 Å². The zero-order valence-corrected chi connectivity index (χ0v) is 12.0. The molecule has 98 valence electrons. The first-order chi connectivity index (χ1) is 8.75. The lowest BCUT2D eigenvalue weighted by molar-refractivity contribution is 0.248. The molecule has 0 radical (unpaired) electrons. The summed E-state index contributed by atoms with van der Waals surface area (Å²) in [6.07, 6.45) is 2.94. The monoisotopic (exact) mass is 264 g/mol. The van der Waals surface area contributed by atoms with Crippen molar-refractivity contribution >= 4 is 14.1 Å². The fraction of sp³-hybridized carbons (Fsp3) is 0.571. The lowest BCUT2D eigenvalue weighted by Crippen LogP contribution is -2.20. The molecule has 2 atom stereocenters. The predicted molar refractivity (Wildman–Crippen MR) is 76.7 cm³/mol. The number of hydrogen-bond acceptors (Lipinski definition) is 3. The van der Waals surface area contributed by atoms with Gasteiger partial charge >= 0.3 is 0 Å². The highest BCUT2D eigenvalue weighted by Crippen LogP contribution is 2.57. The van der Waals surface area contributed by atoms with Gasteiger partial charge in [0, 0.05) is 24.8 Å². The highest BCUT2D eigenvalue weighted by Gasteiger charge is 2.44. The maximum absolute atomic E-state index is 6.21. The Morgan fingerprint density at radius 3 is 2.78 bits per heavy atom. The van der Waals surface area contributed by atoms with Crippen molar-refractivity contribution in [3.05, 3.63) is 30.3 Å². The number of benzene rings is 1. The predicted octanol–water partition coefficient (Wildman–Crippen LogP) is 3.62. The van der Waals surface area contributed by atoms with Crippen molar-refractivity contribution in [1.82, 2.24) is 4.67 Å². The lowest BCUT2D eigenvalue weighted by Gasteiger charge is -2.30. The SMILES string of the molecule is CC(C)OP1N(c2ccccc2)C[C@@H]2CCCN21. The smallest absolute Gasteiger partial charge is 0.218 e. The van der Waals surface area contributed by atoms with Crippen LogP contribution in [-0.2, 0) is 4.52 Å². The van der Waals surface area contributed by atoms with Crippen LogP contribution in [0.5, 0.6) is 0 Å². The van der Waals surface area contributed by atoms with Crippen LogP contribution < -0.4 is 4.67 Å². The molecule has 2 fully saturated rings. The number of para-hydroxylation sites is 1. The van der Waals surface area contributed by atoms with Gasteiger partial charge in [0.1, 0.15) is 0 Å². The van der Waals surface area contributed by atoms with Crippen molar-refractivity contribution in [3.63, 3.8) is 0 Å². The minimum atomic E-state index is -0.598. The highest BCUT2D eigenvalue weighted by molar-refractivity contribution is 7.52. The van der Waals surface area contributed by atoms with Crippen LogP contribution >= 0.6 is 8.45 Å². The molecule has 3 nitrogen and oxygen atoms in total. The molecule has 2 saturated heterocycles. The summed E-state index contributed by atoms with van der Waals surface area (Å²) in [5.74, 6) is 0. The first kappa shape index (κ1) is 12.4. The van der Waals surface area contributed by atoms with Gasteiger partial charge in [0.05, 0.1) is 6.10 Å². The summed E-state index contributed by atoms with van der Waals surface area (Å²) in [5.41, 5.74) is 1.30. The standard InChI is InChI=1S/C14H21N2OP/c1-12(2)17-18-15-10-6-9-14(15)11-16(18)13-7-4-3-5-8-13/h3-5,7-8,12,14H,6,9-11H2,1-2H3/t14-,18?/m0/s1. The Balaban J connectivity index is 1.84. The largest absolute Gasteiger partial charge is 0.324 e. The van der Waals surface area contributed by atoms with E-state index in [1.807, 2.05) is 0 Å². The summed E-state index contributed by atoms with van der Waals surface area (Å²) in [5, 5.41) is 0. The molecule has 0 aromatic heterocycles. The average Bonchev–Trinajstić information content (AvgIpc) is 2.93. The van der Waals surface area contributed by atoms with Gasteiger partial charge in [0.2, 0.25) is 8.45 Å². The molecule has 0 aliphatic carbocycles. The van der Waals surface area contributed by atoms with Crippen LogP contribution in [0.15, 0.2) is 30.3 Å². The zero-order chi connectivity index (χ0) is 12.5. The van der Waals surface area contributed by atoms with Crippen LogP contribution in [0, 0.1) is 0 Å². The van der Waals surface area contributed by atoms with Crippen LogP contribution in [0.3, 0.4) is 0 Å². The third-order valence-corrected chi connectivity index (χ3v) is 5.90. The van der Waals surface area contributed by atoms with E-state index >= 15 is 0 Å². The topological polar surface area (TPSA) is 15.7 Å². The zero-order valence-electron chi connectivity index (χ0n) is 11.1. The molecule has 0 bridgehead atoms. The molecule has 2 heterocycles. The number of nitrogens with zero attached hydrogens (tertiary/aromatic N) is 2. The van der Waals surface area contributed by atoms with Crippen molar-refractivity contribution in [2.75, 3.05) is 17.8 Å². The molecular weight excluding hydrogens is 243 g/mol. The maximum Gasteiger partial charge on any atom is 0.218 e. The molecular formula is C14H21N2OP. The van der Waals surface area contributed by atoms with Gasteiger partial charge in [0.15, 0.2) is 0 Å². The second-order valence-corrected chi connectivity index (χ2v) is 7.00. The van der Waals surface area contributed by atoms with Crippen LogP contribution in [0.2, 0.25) is 0 Å². The molecule has 3 rings (SSSR count).